The summed E-state index contributed by atoms with van der Waals surface area (Å²) in [4.78, 5) is 48.7. The van der Waals surface area contributed by atoms with Crippen molar-refractivity contribution in [1.29, 1.82) is 0 Å². The van der Waals surface area contributed by atoms with Crippen molar-refractivity contribution in [3.8, 4) is 11.6 Å². The zero-order chi connectivity index (χ0) is 36.8. The Hall–Kier alpha value is -6.48. The molecule has 264 valence electrons. The maximum atomic E-state index is 14.5. The lowest BCUT2D eigenvalue weighted by molar-refractivity contribution is 0.0614. The van der Waals surface area contributed by atoms with Gasteiger partial charge >= 0.3 is 5.69 Å². The molecular weight excluding hydrogens is 663 g/mol. The average molecular weight is 702 g/mol. The normalized spacial score (nSPS) is 16.0. The van der Waals surface area contributed by atoms with Gasteiger partial charge in [0.2, 0.25) is 5.88 Å². The third-order valence-corrected chi connectivity index (χ3v) is 10.7. The quantitative estimate of drug-likeness (QED) is 0.174. The predicted molar refractivity (Wildman–Crippen MR) is 210 cm³/mol. The van der Waals surface area contributed by atoms with Gasteiger partial charge in [0.25, 0.3) is 11.5 Å². The maximum Gasteiger partial charge on any atom is 0.338 e. The third-order valence-electron chi connectivity index (χ3n) is 10.7. The molecule has 0 fully saturated rings. The summed E-state index contributed by atoms with van der Waals surface area (Å²) in [5.74, 6) is -0.791. The van der Waals surface area contributed by atoms with Crippen LogP contribution in [0.2, 0.25) is 0 Å². The highest BCUT2D eigenvalue weighted by molar-refractivity contribution is 6.08. The van der Waals surface area contributed by atoms with Crippen molar-refractivity contribution >= 4 is 33.4 Å². The number of aliphatic imine (C=N–C) groups is 1. The molecule has 0 bridgehead atoms. The monoisotopic (exact) mass is 701 g/mol. The number of para-hydroxylation sites is 2. The SMILES string of the molecule is CC(=NCC1c2ccccc2C(=O)N(CCc2ccccc2)C1c1ccc2c(c1)c1ccccc1n2C)c1c(O)n(C)c(=O)n(-c2ccccc2)c1=O. The van der Waals surface area contributed by atoms with Crippen molar-refractivity contribution < 1.29 is 9.90 Å². The number of aromatic nitrogens is 3. The number of hydrogen-bond acceptors (Lipinski definition) is 5. The maximum absolute atomic E-state index is 14.5. The largest absolute Gasteiger partial charge is 0.494 e. The van der Waals surface area contributed by atoms with Gasteiger partial charge in [0.05, 0.1) is 11.7 Å². The average Bonchev–Trinajstić information content (AvgIpc) is 3.47. The van der Waals surface area contributed by atoms with Crippen molar-refractivity contribution in [2.45, 2.75) is 25.3 Å². The Morgan fingerprint density at radius 2 is 1.40 bits per heavy atom. The lowest BCUT2D eigenvalue weighted by atomic mass is 9.79. The predicted octanol–water partition coefficient (Wildman–Crippen LogP) is 6.92. The van der Waals surface area contributed by atoms with Crippen LogP contribution in [0.1, 0.15) is 51.5 Å². The van der Waals surface area contributed by atoms with Gasteiger partial charge in [0.15, 0.2) is 0 Å². The number of amides is 1. The molecule has 3 heterocycles. The minimum atomic E-state index is -0.659. The van der Waals surface area contributed by atoms with E-state index < -0.39 is 23.2 Å². The van der Waals surface area contributed by atoms with E-state index in [2.05, 4.69) is 54.1 Å². The molecule has 2 aromatic heterocycles. The number of carbonyl (C=O) groups excluding carboxylic acids is 1. The molecule has 1 N–H and O–H groups in total. The van der Waals surface area contributed by atoms with Crippen molar-refractivity contribution in [3.05, 3.63) is 176 Å². The smallest absolute Gasteiger partial charge is 0.338 e. The van der Waals surface area contributed by atoms with Crippen LogP contribution in [0, 0.1) is 0 Å². The van der Waals surface area contributed by atoms with Gasteiger partial charge in [-0.2, -0.15) is 0 Å². The van der Waals surface area contributed by atoms with Gasteiger partial charge in [-0.3, -0.25) is 19.1 Å². The number of aryl methyl sites for hydroxylation is 1. The molecule has 53 heavy (non-hydrogen) atoms. The lowest BCUT2D eigenvalue weighted by Crippen LogP contribution is -2.44. The van der Waals surface area contributed by atoms with Crippen LogP contribution in [0.25, 0.3) is 27.5 Å². The van der Waals surface area contributed by atoms with Gasteiger partial charge in [-0.05, 0) is 66.4 Å². The summed E-state index contributed by atoms with van der Waals surface area (Å²) in [6.45, 7) is 2.38. The Balaban J connectivity index is 1.28. The minimum Gasteiger partial charge on any atom is -0.494 e. The highest BCUT2D eigenvalue weighted by Gasteiger charge is 2.40. The molecule has 2 atom stereocenters. The molecule has 0 aliphatic carbocycles. The zero-order valence-corrected chi connectivity index (χ0v) is 29.8. The number of benzene rings is 5. The summed E-state index contributed by atoms with van der Waals surface area (Å²) in [7, 11) is 3.50. The topological polar surface area (TPSA) is 102 Å². The molecule has 1 aliphatic heterocycles. The molecule has 1 amide bonds. The van der Waals surface area contributed by atoms with Crippen molar-refractivity contribution in [1.82, 2.24) is 18.6 Å². The van der Waals surface area contributed by atoms with Crippen LogP contribution in [0.15, 0.2) is 142 Å². The van der Waals surface area contributed by atoms with Crippen LogP contribution in [-0.4, -0.2) is 48.4 Å². The molecular formula is C44H39N5O4. The Labute approximate surface area is 306 Å². The number of carbonyl (C=O) groups is 1. The Kier molecular flexibility index (Phi) is 8.62. The Morgan fingerprint density at radius 1 is 0.736 bits per heavy atom. The summed E-state index contributed by atoms with van der Waals surface area (Å²) >= 11 is 0. The van der Waals surface area contributed by atoms with Crippen molar-refractivity contribution in [3.63, 3.8) is 0 Å². The van der Waals surface area contributed by atoms with Gasteiger partial charge in [-0.15, -0.1) is 0 Å². The van der Waals surface area contributed by atoms with E-state index in [1.54, 1.807) is 37.3 Å². The van der Waals surface area contributed by atoms with E-state index in [9.17, 15) is 19.5 Å². The van der Waals surface area contributed by atoms with Gasteiger partial charge in [-0.1, -0.05) is 91.0 Å². The first-order valence-electron chi connectivity index (χ1n) is 17.8. The fourth-order valence-electron chi connectivity index (χ4n) is 7.94. The summed E-state index contributed by atoms with van der Waals surface area (Å²) in [5, 5.41) is 13.4. The number of rotatable bonds is 8. The first-order chi connectivity index (χ1) is 25.7. The second kappa shape index (κ2) is 13.6. The molecule has 7 aromatic rings. The second-order valence-electron chi connectivity index (χ2n) is 13.7. The summed E-state index contributed by atoms with van der Waals surface area (Å²) in [5.41, 5.74) is 5.16. The van der Waals surface area contributed by atoms with E-state index in [4.69, 9.17) is 4.99 Å². The van der Waals surface area contributed by atoms with Crippen LogP contribution in [0.5, 0.6) is 5.88 Å². The molecule has 0 radical (unpaired) electrons. The number of fused-ring (bicyclic) bond motifs is 4. The summed E-state index contributed by atoms with van der Waals surface area (Å²) in [6.07, 6.45) is 0.668. The van der Waals surface area contributed by atoms with Crippen LogP contribution in [0.3, 0.4) is 0 Å². The van der Waals surface area contributed by atoms with E-state index in [0.29, 0.717) is 29.9 Å². The zero-order valence-electron chi connectivity index (χ0n) is 29.8. The third kappa shape index (κ3) is 5.74. The molecule has 8 rings (SSSR count). The number of hydrogen-bond donors (Lipinski definition) is 1. The van der Waals surface area contributed by atoms with Crippen LogP contribution >= 0.6 is 0 Å². The molecule has 5 aromatic carbocycles. The molecule has 2 unspecified atom stereocenters. The van der Waals surface area contributed by atoms with Gasteiger partial charge in [-0.25, -0.2) is 9.36 Å². The first kappa shape index (κ1) is 33.7. The van der Waals surface area contributed by atoms with E-state index in [1.165, 1.54) is 7.05 Å². The van der Waals surface area contributed by atoms with Crippen LogP contribution in [0.4, 0.5) is 0 Å². The van der Waals surface area contributed by atoms with Crippen LogP contribution < -0.4 is 11.2 Å². The van der Waals surface area contributed by atoms with E-state index >= 15 is 0 Å². The Bertz CT molecular complexity index is 2670. The number of aromatic hydroxyl groups is 1. The van der Waals surface area contributed by atoms with Gasteiger partial charge in [0, 0.05) is 66.2 Å². The Morgan fingerprint density at radius 3 is 2.17 bits per heavy atom. The molecule has 9 nitrogen and oxygen atoms in total. The van der Waals surface area contributed by atoms with E-state index in [0.717, 1.165) is 47.6 Å². The van der Waals surface area contributed by atoms with Crippen molar-refractivity contribution in [2.24, 2.45) is 19.1 Å². The van der Waals surface area contributed by atoms with E-state index in [1.807, 2.05) is 59.5 Å². The highest BCUT2D eigenvalue weighted by atomic mass is 16.3. The van der Waals surface area contributed by atoms with E-state index in [-0.39, 0.29) is 23.9 Å². The molecule has 0 spiro atoms. The first-order valence-corrected chi connectivity index (χ1v) is 17.8. The lowest BCUT2D eigenvalue weighted by Gasteiger charge is -2.42. The second-order valence-corrected chi connectivity index (χ2v) is 13.7. The molecule has 0 saturated heterocycles. The summed E-state index contributed by atoms with van der Waals surface area (Å²) in [6, 6.07) is 40.9. The van der Waals surface area contributed by atoms with Gasteiger partial charge in [0.1, 0.15) is 5.56 Å². The fourth-order valence-corrected chi connectivity index (χ4v) is 7.94. The molecule has 1 aliphatic rings. The number of nitrogens with zero attached hydrogens (tertiary/aromatic N) is 5. The highest BCUT2D eigenvalue weighted by Crippen LogP contribution is 2.44. The summed E-state index contributed by atoms with van der Waals surface area (Å²) < 4.78 is 4.30. The standard InChI is InChI=1S/C44H39N5O4/c1-28(39-42(51)47(3)44(53)49(43(39)52)31-16-8-5-9-17-31)45-27-36-32-18-10-11-20-34(32)41(50)48(25-24-29-14-6-4-7-15-29)40(36)30-22-23-38-35(26-30)33-19-12-13-21-37(33)46(38)2/h4-23,26,36,40,51H,24-25,27H2,1-3H3. The van der Waals surface area contributed by atoms with Gasteiger partial charge < -0.3 is 14.6 Å². The van der Waals surface area contributed by atoms with Crippen molar-refractivity contribution in [2.75, 3.05) is 13.1 Å². The van der Waals surface area contributed by atoms with Crippen LogP contribution in [-0.2, 0) is 20.5 Å². The molecule has 9 heteroatoms. The molecule has 0 saturated carbocycles. The fraction of sp³-hybridized carbons (Fsp3) is 0.182. The minimum absolute atomic E-state index is 0.0436.